The molecule has 0 amide bonds. The SMILES string of the molecule is CCOc1cc(F)ccc1C(C)=O. The summed E-state index contributed by atoms with van der Waals surface area (Å²) in [7, 11) is 0. The minimum absolute atomic E-state index is 0.122. The molecule has 0 spiro atoms. The van der Waals surface area contributed by atoms with Gasteiger partial charge in [0.15, 0.2) is 5.78 Å². The molecule has 0 N–H and O–H groups in total. The van der Waals surface area contributed by atoms with Crippen LogP contribution in [0.15, 0.2) is 18.2 Å². The number of hydrogen-bond donors (Lipinski definition) is 0. The summed E-state index contributed by atoms with van der Waals surface area (Å²) in [6.45, 7) is 3.63. The van der Waals surface area contributed by atoms with E-state index in [0.29, 0.717) is 17.9 Å². The van der Waals surface area contributed by atoms with E-state index in [1.807, 2.05) is 0 Å². The summed E-state index contributed by atoms with van der Waals surface area (Å²) in [5.74, 6) is -0.202. The summed E-state index contributed by atoms with van der Waals surface area (Å²) in [6, 6.07) is 3.90. The molecule has 0 atom stereocenters. The molecular weight excluding hydrogens is 171 g/mol. The van der Waals surface area contributed by atoms with E-state index in [2.05, 4.69) is 0 Å². The number of carbonyl (C=O) groups is 1. The lowest BCUT2D eigenvalue weighted by Crippen LogP contribution is -2.00. The largest absolute Gasteiger partial charge is 0.493 e. The van der Waals surface area contributed by atoms with E-state index < -0.39 is 5.82 Å². The molecule has 0 aliphatic rings. The molecule has 0 aliphatic carbocycles. The predicted molar refractivity (Wildman–Crippen MR) is 47.6 cm³/mol. The fraction of sp³-hybridized carbons (Fsp3) is 0.300. The van der Waals surface area contributed by atoms with Crippen LogP contribution in [0.5, 0.6) is 5.75 Å². The molecule has 3 heteroatoms. The van der Waals surface area contributed by atoms with Crippen molar-refractivity contribution in [3.8, 4) is 5.75 Å². The van der Waals surface area contributed by atoms with Crippen molar-refractivity contribution in [3.63, 3.8) is 0 Å². The fourth-order valence-electron chi connectivity index (χ4n) is 1.06. The molecule has 70 valence electrons. The standard InChI is InChI=1S/C10H11FO2/c1-3-13-10-6-8(11)4-5-9(10)7(2)12/h4-6H,3H2,1-2H3. The number of hydrogen-bond acceptors (Lipinski definition) is 2. The maximum atomic E-state index is 12.7. The summed E-state index contributed by atoms with van der Waals surface area (Å²) in [4.78, 5) is 11.0. The first kappa shape index (κ1) is 9.71. The minimum atomic E-state index is -0.395. The van der Waals surface area contributed by atoms with Gasteiger partial charge in [0.25, 0.3) is 0 Å². The maximum absolute atomic E-state index is 12.7. The third-order valence-electron chi connectivity index (χ3n) is 1.62. The highest BCUT2D eigenvalue weighted by Crippen LogP contribution is 2.20. The molecule has 0 aromatic heterocycles. The Bertz CT molecular complexity index is 321. The zero-order valence-electron chi connectivity index (χ0n) is 7.63. The highest BCUT2D eigenvalue weighted by molar-refractivity contribution is 5.96. The first-order valence-electron chi connectivity index (χ1n) is 4.08. The van der Waals surface area contributed by atoms with Crippen LogP contribution >= 0.6 is 0 Å². The predicted octanol–water partition coefficient (Wildman–Crippen LogP) is 2.43. The van der Waals surface area contributed by atoms with E-state index >= 15 is 0 Å². The van der Waals surface area contributed by atoms with Crippen molar-refractivity contribution in [3.05, 3.63) is 29.6 Å². The molecule has 2 nitrogen and oxygen atoms in total. The van der Waals surface area contributed by atoms with Crippen LogP contribution in [0, 0.1) is 5.82 Å². The normalized spacial score (nSPS) is 9.77. The van der Waals surface area contributed by atoms with Crippen LogP contribution in [0.2, 0.25) is 0 Å². The highest BCUT2D eigenvalue weighted by Gasteiger charge is 2.08. The lowest BCUT2D eigenvalue weighted by Gasteiger charge is -2.06. The van der Waals surface area contributed by atoms with Gasteiger partial charge in [0.1, 0.15) is 11.6 Å². The number of halogens is 1. The van der Waals surface area contributed by atoms with E-state index in [4.69, 9.17) is 4.74 Å². The van der Waals surface area contributed by atoms with Gasteiger partial charge in [-0.2, -0.15) is 0 Å². The molecule has 0 saturated heterocycles. The van der Waals surface area contributed by atoms with Crippen LogP contribution in [-0.4, -0.2) is 12.4 Å². The van der Waals surface area contributed by atoms with Gasteiger partial charge in [-0.3, -0.25) is 4.79 Å². The molecular formula is C10H11FO2. The van der Waals surface area contributed by atoms with Crippen molar-refractivity contribution in [1.29, 1.82) is 0 Å². The number of carbonyl (C=O) groups excluding carboxylic acids is 1. The average Bonchev–Trinajstić information content (AvgIpc) is 2.04. The van der Waals surface area contributed by atoms with Gasteiger partial charge in [0.05, 0.1) is 12.2 Å². The summed E-state index contributed by atoms with van der Waals surface area (Å²) in [5.41, 5.74) is 0.420. The van der Waals surface area contributed by atoms with Gasteiger partial charge in [-0.05, 0) is 26.0 Å². The van der Waals surface area contributed by atoms with Gasteiger partial charge >= 0.3 is 0 Å². The molecule has 13 heavy (non-hydrogen) atoms. The molecule has 0 fully saturated rings. The summed E-state index contributed by atoms with van der Waals surface area (Å²) in [6.07, 6.45) is 0. The molecule has 1 aromatic rings. The third kappa shape index (κ3) is 2.28. The quantitative estimate of drug-likeness (QED) is 0.671. The molecule has 0 radical (unpaired) electrons. The second-order valence-corrected chi connectivity index (χ2v) is 2.63. The van der Waals surface area contributed by atoms with E-state index in [9.17, 15) is 9.18 Å². The van der Waals surface area contributed by atoms with Crippen LogP contribution in [0.3, 0.4) is 0 Å². The number of Topliss-reactive ketones (excluding diaryl/α,β-unsaturated/α-hetero) is 1. The van der Waals surface area contributed by atoms with Crippen molar-refractivity contribution in [2.24, 2.45) is 0 Å². The van der Waals surface area contributed by atoms with Gasteiger partial charge in [-0.1, -0.05) is 0 Å². The molecule has 1 rings (SSSR count). The van der Waals surface area contributed by atoms with Crippen LogP contribution in [-0.2, 0) is 0 Å². The zero-order valence-corrected chi connectivity index (χ0v) is 7.63. The molecule has 0 saturated carbocycles. The number of ether oxygens (including phenoxy) is 1. The molecule has 0 heterocycles. The Labute approximate surface area is 76.3 Å². The van der Waals surface area contributed by atoms with E-state index in [-0.39, 0.29) is 5.78 Å². The number of rotatable bonds is 3. The Hall–Kier alpha value is -1.38. The van der Waals surface area contributed by atoms with Gasteiger partial charge in [-0.25, -0.2) is 4.39 Å². The van der Waals surface area contributed by atoms with Gasteiger partial charge in [0.2, 0.25) is 0 Å². The first-order valence-corrected chi connectivity index (χ1v) is 4.08. The molecule has 1 aromatic carbocycles. The van der Waals surface area contributed by atoms with Crippen LogP contribution in [0.25, 0.3) is 0 Å². The van der Waals surface area contributed by atoms with Gasteiger partial charge < -0.3 is 4.74 Å². The number of benzene rings is 1. The monoisotopic (exact) mass is 182 g/mol. The van der Waals surface area contributed by atoms with Crippen molar-refractivity contribution in [2.75, 3.05) is 6.61 Å². The lowest BCUT2D eigenvalue weighted by atomic mass is 10.1. The van der Waals surface area contributed by atoms with Crippen LogP contribution < -0.4 is 4.74 Å². The average molecular weight is 182 g/mol. The number of ketones is 1. The second kappa shape index (κ2) is 4.03. The molecule has 0 bridgehead atoms. The Morgan fingerprint density at radius 1 is 1.54 bits per heavy atom. The Morgan fingerprint density at radius 2 is 2.23 bits per heavy atom. The smallest absolute Gasteiger partial charge is 0.163 e. The van der Waals surface area contributed by atoms with Crippen molar-refractivity contribution in [2.45, 2.75) is 13.8 Å². The summed E-state index contributed by atoms with van der Waals surface area (Å²) >= 11 is 0. The van der Waals surface area contributed by atoms with Crippen molar-refractivity contribution >= 4 is 5.78 Å². The van der Waals surface area contributed by atoms with E-state index in [1.54, 1.807) is 6.92 Å². The third-order valence-corrected chi connectivity index (χ3v) is 1.62. The lowest BCUT2D eigenvalue weighted by molar-refractivity contribution is 0.101. The van der Waals surface area contributed by atoms with E-state index in [0.717, 1.165) is 0 Å². The Kier molecular flexibility index (Phi) is 3.01. The highest BCUT2D eigenvalue weighted by atomic mass is 19.1. The fourth-order valence-corrected chi connectivity index (χ4v) is 1.06. The topological polar surface area (TPSA) is 26.3 Å². The molecule has 0 aliphatic heterocycles. The van der Waals surface area contributed by atoms with Crippen LogP contribution in [0.4, 0.5) is 4.39 Å². The van der Waals surface area contributed by atoms with Gasteiger partial charge in [0, 0.05) is 6.07 Å². The molecule has 0 unspecified atom stereocenters. The summed E-state index contributed by atoms with van der Waals surface area (Å²) < 4.78 is 17.9. The van der Waals surface area contributed by atoms with Crippen LogP contribution in [0.1, 0.15) is 24.2 Å². The Balaban J connectivity index is 3.10. The zero-order chi connectivity index (χ0) is 9.84. The Morgan fingerprint density at radius 3 is 2.77 bits per heavy atom. The second-order valence-electron chi connectivity index (χ2n) is 2.63. The summed E-state index contributed by atoms with van der Waals surface area (Å²) in [5, 5.41) is 0. The minimum Gasteiger partial charge on any atom is -0.493 e. The maximum Gasteiger partial charge on any atom is 0.163 e. The first-order chi connectivity index (χ1) is 6.15. The van der Waals surface area contributed by atoms with Gasteiger partial charge in [-0.15, -0.1) is 0 Å². The van der Waals surface area contributed by atoms with Crippen molar-refractivity contribution < 1.29 is 13.9 Å². The van der Waals surface area contributed by atoms with E-state index in [1.165, 1.54) is 25.1 Å². The van der Waals surface area contributed by atoms with Crippen molar-refractivity contribution in [1.82, 2.24) is 0 Å².